The van der Waals surface area contributed by atoms with Crippen LogP contribution in [0.4, 0.5) is 0 Å². The van der Waals surface area contributed by atoms with E-state index in [1.807, 2.05) is 20.8 Å². The summed E-state index contributed by atoms with van der Waals surface area (Å²) in [5.74, 6) is -0.162. The van der Waals surface area contributed by atoms with Gasteiger partial charge in [-0.3, -0.25) is 4.79 Å². The van der Waals surface area contributed by atoms with Crippen molar-refractivity contribution < 1.29 is 9.53 Å². The highest BCUT2D eigenvalue weighted by Crippen LogP contribution is 2.35. The maximum Gasteiger partial charge on any atom is 0.321 e. The number of hydrogen-bond acceptors (Lipinski definition) is 3. The van der Waals surface area contributed by atoms with Gasteiger partial charge in [-0.05, 0) is 46.2 Å². The molecule has 0 atom stereocenters. The summed E-state index contributed by atoms with van der Waals surface area (Å²) < 4.78 is 4.54. The number of ether oxygens (including phenoxy) is 1. The first kappa shape index (κ1) is 14.1. The van der Waals surface area contributed by atoms with Crippen LogP contribution in [0, 0.1) is 13.8 Å². The molecule has 0 aliphatic rings. The minimum Gasteiger partial charge on any atom is -0.465 e. The van der Waals surface area contributed by atoms with Gasteiger partial charge in [0, 0.05) is 4.90 Å². The summed E-state index contributed by atoms with van der Waals surface area (Å²) >= 11 is 1.55. The molecule has 0 N–H and O–H groups in total. The number of aryl methyl sites for hydroxylation is 2. The summed E-state index contributed by atoms with van der Waals surface area (Å²) in [4.78, 5) is 12.9. The van der Waals surface area contributed by atoms with Gasteiger partial charge in [0.1, 0.15) is 4.75 Å². The Morgan fingerprint density at radius 2 is 2.00 bits per heavy atom. The van der Waals surface area contributed by atoms with Gasteiger partial charge in [-0.1, -0.05) is 17.7 Å². The molecule has 17 heavy (non-hydrogen) atoms. The number of rotatable bonds is 4. The minimum absolute atomic E-state index is 0.162. The molecule has 94 valence electrons. The molecule has 0 spiro atoms. The topological polar surface area (TPSA) is 26.3 Å². The van der Waals surface area contributed by atoms with Crippen LogP contribution in [0.5, 0.6) is 0 Å². The molecule has 0 radical (unpaired) electrons. The Labute approximate surface area is 108 Å². The van der Waals surface area contributed by atoms with E-state index in [1.54, 1.807) is 11.8 Å². The van der Waals surface area contributed by atoms with Gasteiger partial charge in [0.2, 0.25) is 0 Å². The lowest BCUT2D eigenvalue weighted by molar-refractivity contribution is -0.145. The van der Waals surface area contributed by atoms with E-state index in [0.29, 0.717) is 6.61 Å². The van der Waals surface area contributed by atoms with E-state index >= 15 is 0 Å². The second-order valence-electron chi connectivity index (χ2n) is 4.60. The predicted octanol–water partition coefficient (Wildman–Crippen LogP) is 3.74. The van der Waals surface area contributed by atoms with Crippen molar-refractivity contribution in [3.8, 4) is 0 Å². The lowest BCUT2D eigenvalue weighted by Crippen LogP contribution is -2.30. The Kier molecular flexibility index (Phi) is 4.63. The van der Waals surface area contributed by atoms with E-state index in [1.165, 1.54) is 11.1 Å². The molecule has 1 rings (SSSR count). The van der Waals surface area contributed by atoms with Crippen molar-refractivity contribution in [1.82, 2.24) is 0 Å². The van der Waals surface area contributed by atoms with Crippen LogP contribution in [-0.4, -0.2) is 17.3 Å². The number of carbonyl (C=O) groups is 1. The van der Waals surface area contributed by atoms with Crippen LogP contribution < -0.4 is 0 Å². The largest absolute Gasteiger partial charge is 0.465 e. The van der Waals surface area contributed by atoms with Crippen LogP contribution in [0.25, 0.3) is 0 Å². The van der Waals surface area contributed by atoms with Crippen LogP contribution in [0.1, 0.15) is 31.9 Å². The average Bonchev–Trinajstić information content (AvgIpc) is 2.22. The molecule has 0 unspecified atom stereocenters. The number of esters is 1. The van der Waals surface area contributed by atoms with Crippen molar-refractivity contribution in [3.63, 3.8) is 0 Å². The normalized spacial score (nSPS) is 11.4. The number of hydrogen-bond donors (Lipinski definition) is 0. The number of benzene rings is 1. The molecule has 0 aliphatic carbocycles. The zero-order valence-electron chi connectivity index (χ0n) is 11.2. The highest BCUT2D eigenvalue weighted by atomic mass is 32.2. The summed E-state index contributed by atoms with van der Waals surface area (Å²) in [5.41, 5.74) is 2.44. The molecule has 0 bridgehead atoms. The Hall–Kier alpha value is -0.960. The lowest BCUT2D eigenvalue weighted by atomic mass is 10.2. The fourth-order valence-electron chi connectivity index (χ4n) is 1.54. The maximum absolute atomic E-state index is 11.8. The van der Waals surface area contributed by atoms with Gasteiger partial charge in [-0.2, -0.15) is 0 Å². The average molecular weight is 252 g/mol. The first-order valence-corrected chi connectivity index (χ1v) is 6.62. The second-order valence-corrected chi connectivity index (χ2v) is 6.27. The quantitative estimate of drug-likeness (QED) is 0.603. The molecule has 0 saturated carbocycles. The van der Waals surface area contributed by atoms with Crippen molar-refractivity contribution in [2.75, 3.05) is 6.61 Å². The monoisotopic (exact) mass is 252 g/mol. The van der Waals surface area contributed by atoms with Crippen molar-refractivity contribution >= 4 is 17.7 Å². The van der Waals surface area contributed by atoms with Crippen molar-refractivity contribution in [3.05, 3.63) is 29.3 Å². The van der Waals surface area contributed by atoms with Crippen LogP contribution >= 0.6 is 11.8 Å². The molecule has 1 aromatic rings. The highest BCUT2D eigenvalue weighted by Gasteiger charge is 2.30. The van der Waals surface area contributed by atoms with Gasteiger partial charge in [0.05, 0.1) is 6.61 Å². The summed E-state index contributed by atoms with van der Waals surface area (Å²) in [7, 11) is 0. The van der Waals surface area contributed by atoms with Crippen LogP contribution in [0.15, 0.2) is 23.1 Å². The molecule has 0 aliphatic heterocycles. The third-order valence-corrected chi connectivity index (χ3v) is 3.82. The molecular weight excluding hydrogens is 232 g/mol. The van der Waals surface area contributed by atoms with E-state index in [9.17, 15) is 4.79 Å². The molecule has 0 amide bonds. The van der Waals surface area contributed by atoms with Gasteiger partial charge >= 0.3 is 5.97 Å². The zero-order valence-corrected chi connectivity index (χ0v) is 12.0. The Balaban J connectivity index is 2.86. The Morgan fingerprint density at radius 3 is 2.53 bits per heavy atom. The van der Waals surface area contributed by atoms with E-state index in [0.717, 1.165) is 4.90 Å². The molecule has 0 aromatic heterocycles. The molecule has 0 heterocycles. The minimum atomic E-state index is -0.546. The molecule has 2 nitrogen and oxygen atoms in total. The fraction of sp³-hybridized carbons (Fsp3) is 0.500. The first-order chi connectivity index (χ1) is 7.86. The molecule has 3 heteroatoms. The van der Waals surface area contributed by atoms with Crippen LogP contribution in [0.3, 0.4) is 0 Å². The second kappa shape index (κ2) is 5.58. The summed E-state index contributed by atoms with van der Waals surface area (Å²) in [5, 5.41) is 0. The standard InChI is InChI=1S/C14H20O2S/c1-6-16-13(15)14(4,5)17-12-8-7-10(2)9-11(12)3/h7-9H,6H2,1-5H3. The van der Waals surface area contributed by atoms with Gasteiger partial charge in [0.15, 0.2) is 0 Å². The van der Waals surface area contributed by atoms with Gasteiger partial charge in [0.25, 0.3) is 0 Å². The van der Waals surface area contributed by atoms with Crippen molar-refractivity contribution in [1.29, 1.82) is 0 Å². The van der Waals surface area contributed by atoms with Crippen LogP contribution in [-0.2, 0) is 9.53 Å². The van der Waals surface area contributed by atoms with Crippen molar-refractivity contribution in [2.24, 2.45) is 0 Å². The van der Waals surface area contributed by atoms with Gasteiger partial charge in [-0.25, -0.2) is 0 Å². The SMILES string of the molecule is CCOC(=O)C(C)(C)Sc1ccc(C)cc1C. The summed E-state index contributed by atoms with van der Waals surface area (Å²) in [6.45, 7) is 10.2. The molecular formula is C14H20O2S. The number of thioether (sulfide) groups is 1. The Morgan fingerprint density at radius 1 is 1.35 bits per heavy atom. The van der Waals surface area contributed by atoms with E-state index in [2.05, 4.69) is 32.0 Å². The third-order valence-electron chi connectivity index (χ3n) is 2.46. The Bertz CT molecular complexity index is 411. The predicted molar refractivity (Wildman–Crippen MR) is 72.5 cm³/mol. The zero-order chi connectivity index (χ0) is 13.1. The molecule has 1 aromatic carbocycles. The van der Waals surface area contributed by atoms with Crippen molar-refractivity contribution in [2.45, 2.75) is 44.3 Å². The highest BCUT2D eigenvalue weighted by molar-refractivity contribution is 8.01. The third kappa shape index (κ3) is 3.77. The van der Waals surface area contributed by atoms with E-state index in [-0.39, 0.29) is 5.97 Å². The summed E-state index contributed by atoms with van der Waals surface area (Å²) in [6.07, 6.45) is 0. The number of carbonyl (C=O) groups excluding carboxylic acids is 1. The maximum atomic E-state index is 11.8. The fourth-order valence-corrected chi connectivity index (χ4v) is 2.58. The first-order valence-electron chi connectivity index (χ1n) is 5.80. The van der Waals surface area contributed by atoms with Gasteiger partial charge < -0.3 is 4.74 Å². The van der Waals surface area contributed by atoms with Crippen LogP contribution in [0.2, 0.25) is 0 Å². The smallest absolute Gasteiger partial charge is 0.321 e. The molecule has 0 saturated heterocycles. The van der Waals surface area contributed by atoms with E-state index in [4.69, 9.17) is 4.74 Å². The lowest BCUT2D eigenvalue weighted by Gasteiger charge is -2.22. The van der Waals surface area contributed by atoms with E-state index < -0.39 is 4.75 Å². The summed E-state index contributed by atoms with van der Waals surface area (Å²) in [6, 6.07) is 6.26. The van der Waals surface area contributed by atoms with Gasteiger partial charge in [-0.15, -0.1) is 11.8 Å². The molecule has 0 fully saturated rings.